The van der Waals surface area contributed by atoms with Crippen LogP contribution in [0.15, 0.2) is 30.6 Å². The number of halogens is 1. The van der Waals surface area contributed by atoms with Gasteiger partial charge in [0.25, 0.3) is 0 Å². The monoisotopic (exact) mass is 249 g/mol. The second kappa shape index (κ2) is 4.04. The summed E-state index contributed by atoms with van der Waals surface area (Å²) in [6, 6.07) is 5.84. The van der Waals surface area contributed by atoms with Gasteiger partial charge in [0.15, 0.2) is 0 Å². The van der Waals surface area contributed by atoms with Crippen LogP contribution in [0.5, 0.6) is 0 Å². The quantitative estimate of drug-likeness (QED) is 0.760. The minimum atomic E-state index is -0.0560. The Morgan fingerprint density at radius 1 is 1.47 bits per heavy atom. The first kappa shape index (κ1) is 10.6. The van der Waals surface area contributed by atoms with Crippen LogP contribution in [0.1, 0.15) is 12.1 Å². The molecule has 2 aromatic rings. The molecule has 1 atom stereocenters. The number of amides is 1. The van der Waals surface area contributed by atoms with Crippen molar-refractivity contribution < 1.29 is 4.79 Å². The van der Waals surface area contributed by atoms with Crippen molar-refractivity contribution in [1.29, 1.82) is 0 Å². The summed E-state index contributed by atoms with van der Waals surface area (Å²) in [6.07, 6.45) is 4.33. The number of pyridine rings is 1. The normalized spacial score (nSPS) is 20.4. The Balaban J connectivity index is 1.83. The first-order chi connectivity index (χ1) is 8.22. The Bertz CT molecular complexity index is 533. The fourth-order valence-electron chi connectivity index (χ4n) is 2.14. The molecule has 0 aliphatic carbocycles. The lowest BCUT2D eigenvalue weighted by Gasteiger charge is -2.13. The Morgan fingerprint density at radius 3 is 3.06 bits per heavy atom. The van der Waals surface area contributed by atoms with Crippen molar-refractivity contribution in [2.75, 3.05) is 6.54 Å². The molecule has 0 spiro atoms. The molecule has 3 heterocycles. The van der Waals surface area contributed by atoms with Crippen LogP contribution >= 0.6 is 11.6 Å². The van der Waals surface area contributed by atoms with Gasteiger partial charge in [-0.2, -0.15) is 0 Å². The maximum absolute atomic E-state index is 11.6. The van der Waals surface area contributed by atoms with Crippen LogP contribution in [0.3, 0.4) is 0 Å². The van der Waals surface area contributed by atoms with Crippen LogP contribution in [-0.4, -0.2) is 32.1 Å². The van der Waals surface area contributed by atoms with Crippen molar-refractivity contribution in [3.05, 3.63) is 36.3 Å². The highest BCUT2D eigenvalue weighted by Gasteiger charge is 2.28. The number of hydrogen-bond acceptors (Lipinski definition) is 2. The molecular weight excluding hydrogens is 238 g/mol. The Labute approximate surface area is 104 Å². The zero-order chi connectivity index (χ0) is 11.8. The molecule has 4 nitrogen and oxygen atoms in total. The zero-order valence-corrected chi connectivity index (χ0v) is 9.97. The van der Waals surface area contributed by atoms with Gasteiger partial charge in [-0.15, -0.1) is 11.6 Å². The Kier molecular flexibility index (Phi) is 2.52. The maximum Gasteiger partial charge on any atom is 0.224 e. The molecule has 1 amide bonds. The summed E-state index contributed by atoms with van der Waals surface area (Å²) in [6.45, 7) is 1.16. The highest BCUT2D eigenvalue weighted by Crippen LogP contribution is 2.18. The Morgan fingerprint density at radius 2 is 2.35 bits per heavy atom. The summed E-state index contributed by atoms with van der Waals surface area (Å²) in [7, 11) is 0. The number of fused-ring (bicyclic) bond motifs is 1. The minimum Gasteiger partial charge on any atom is -0.335 e. The van der Waals surface area contributed by atoms with E-state index in [4.69, 9.17) is 11.6 Å². The fraction of sp³-hybridized carbons (Fsp3) is 0.333. The van der Waals surface area contributed by atoms with E-state index < -0.39 is 0 Å². The van der Waals surface area contributed by atoms with Gasteiger partial charge in [-0.1, -0.05) is 6.07 Å². The van der Waals surface area contributed by atoms with E-state index in [-0.39, 0.29) is 11.3 Å². The molecule has 0 saturated carbocycles. The van der Waals surface area contributed by atoms with Gasteiger partial charge < -0.3 is 9.30 Å². The van der Waals surface area contributed by atoms with Crippen molar-refractivity contribution in [1.82, 2.24) is 14.3 Å². The van der Waals surface area contributed by atoms with Crippen molar-refractivity contribution >= 4 is 23.2 Å². The smallest absolute Gasteiger partial charge is 0.224 e. The number of carbonyl (C=O) groups excluding carboxylic acids is 1. The molecule has 0 radical (unpaired) electrons. The lowest BCUT2D eigenvalue weighted by atomic mass is 10.4. The number of nitrogens with zero attached hydrogens (tertiary/aromatic N) is 3. The van der Waals surface area contributed by atoms with Crippen LogP contribution in [0, 0.1) is 0 Å². The third-order valence-corrected chi connectivity index (χ3v) is 3.23. The molecule has 1 fully saturated rings. The number of rotatable bonds is 2. The SMILES string of the molecule is O=C1CC(Cl)CN1Cc1cn2ccccc2n1. The van der Waals surface area contributed by atoms with Gasteiger partial charge in [0.2, 0.25) is 5.91 Å². The van der Waals surface area contributed by atoms with Crippen LogP contribution in [0.4, 0.5) is 0 Å². The minimum absolute atomic E-state index is 0.0560. The third kappa shape index (κ3) is 2.00. The summed E-state index contributed by atoms with van der Waals surface area (Å²) in [4.78, 5) is 17.8. The van der Waals surface area contributed by atoms with Crippen LogP contribution in [0.2, 0.25) is 0 Å². The second-order valence-corrected chi connectivity index (χ2v) is 4.89. The van der Waals surface area contributed by atoms with E-state index >= 15 is 0 Å². The first-order valence-electron chi connectivity index (χ1n) is 5.57. The molecule has 0 N–H and O–H groups in total. The highest BCUT2D eigenvalue weighted by atomic mass is 35.5. The number of alkyl halides is 1. The van der Waals surface area contributed by atoms with Crippen molar-refractivity contribution in [2.45, 2.75) is 18.3 Å². The average Bonchev–Trinajstić information content (AvgIpc) is 2.82. The van der Waals surface area contributed by atoms with E-state index in [9.17, 15) is 4.79 Å². The molecule has 0 aromatic carbocycles. The number of likely N-dealkylation sites (tertiary alicyclic amines) is 1. The summed E-state index contributed by atoms with van der Waals surface area (Å²) in [5.74, 6) is 0.113. The number of carbonyl (C=O) groups is 1. The lowest BCUT2D eigenvalue weighted by molar-refractivity contribution is -0.128. The topological polar surface area (TPSA) is 37.6 Å². The van der Waals surface area contributed by atoms with Crippen molar-refractivity contribution in [2.24, 2.45) is 0 Å². The van der Waals surface area contributed by atoms with E-state index in [2.05, 4.69) is 4.98 Å². The van der Waals surface area contributed by atoms with Crippen molar-refractivity contribution in [3.8, 4) is 0 Å². The van der Waals surface area contributed by atoms with Gasteiger partial charge >= 0.3 is 0 Å². The lowest BCUT2D eigenvalue weighted by Crippen LogP contribution is -2.24. The average molecular weight is 250 g/mol. The summed E-state index contributed by atoms with van der Waals surface area (Å²) < 4.78 is 1.95. The number of hydrogen-bond donors (Lipinski definition) is 0. The van der Waals surface area contributed by atoms with E-state index in [1.165, 1.54) is 0 Å². The second-order valence-electron chi connectivity index (χ2n) is 4.27. The predicted octanol–water partition coefficient (Wildman–Crippen LogP) is 1.67. The summed E-state index contributed by atoms with van der Waals surface area (Å²) >= 11 is 5.96. The van der Waals surface area contributed by atoms with E-state index in [0.717, 1.165) is 11.3 Å². The van der Waals surface area contributed by atoms with Gasteiger partial charge in [0.05, 0.1) is 17.6 Å². The van der Waals surface area contributed by atoms with Crippen molar-refractivity contribution in [3.63, 3.8) is 0 Å². The molecule has 1 saturated heterocycles. The van der Waals surface area contributed by atoms with Gasteiger partial charge in [-0.3, -0.25) is 4.79 Å². The standard InChI is InChI=1S/C12H12ClN3O/c13-9-5-12(17)16(6-9)8-10-7-15-4-2-1-3-11(15)14-10/h1-4,7,9H,5-6,8H2. The fourth-order valence-corrected chi connectivity index (χ4v) is 2.43. The molecule has 1 aliphatic heterocycles. The van der Waals surface area contributed by atoms with Crippen LogP contribution in [0.25, 0.3) is 5.65 Å². The zero-order valence-electron chi connectivity index (χ0n) is 9.21. The van der Waals surface area contributed by atoms with Gasteiger partial charge in [0.1, 0.15) is 5.65 Å². The van der Waals surface area contributed by atoms with Gasteiger partial charge in [-0.25, -0.2) is 4.98 Å². The first-order valence-corrected chi connectivity index (χ1v) is 6.00. The number of aromatic nitrogens is 2. The van der Waals surface area contributed by atoms with Crippen LogP contribution in [-0.2, 0) is 11.3 Å². The largest absolute Gasteiger partial charge is 0.335 e. The Hall–Kier alpha value is -1.55. The van der Waals surface area contributed by atoms with Crippen LogP contribution < -0.4 is 0 Å². The molecule has 3 rings (SSSR count). The van der Waals surface area contributed by atoms with E-state index in [0.29, 0.717) is 19.5 Å². The van der Waals surface area contributed by atoms with Gasteiger partial charge in [-0.05, 0) is 12.1 Å². The summed E-state index contributed by atoms with van der Waals surface area (Å²) in [5.41, 5.74) is 1.80. The molecule has 88 valence electrons. The van der Waals surface area contributed by atoms with E-state index in [1.54, 1.807) is 4.90 Å². The molecule has 0 bridgehead atoms. The number of imidazole rings is 1. The van der Waals surface area contributed by atoms with Gasteiger partial charge in [0, 0.05) is 25.4 Å². The molecule has 1 unspecified atom stereocenters. The predicted molar refractivity (Wildman–Crippen MR) is 64.9 cm³/mol. The van der Waals surface area contributed by atoms with E-state index in [1.807, 2.05) is 35.0 Å². The third-order valence-electron chi connectivity index (χ3n) is 2.93. The molecule has 17 heavy (non-hydrogen) atoms. The maximum atomic E-state index is 11.6. The molecule has 2 aromatic heterocycles. The highest BCUT2D eigenvalue weighted by molar-refractivity contribution is 6.22. The molecule has 1 aliphatic rings. The molecule has 5 heteroatoms. The summed E-state index contributed by atoms with van der Waals surface area (Å²) in [5, 5.41) is -0.0560. The molecular formula is C12H12ClN3O.